The summed E-state index contributed by atoms with van der Waals surface area (Å²) >= 11 is 19.3. The van der Waals surface area contributed by atoms with Crippen LogP contribution in [-0.4, -0.2) is 33.3 Å². The van der Waals surface area contributed by atoms with E-state index in [1.807, 2.05) is 29.7 Å². The molecule has 0 spiro atoms. The lowest BCUT2D eigenvalue weighted by Gasteiger charge is -2.17. The minimum Gasteiger partial charge on any atom is -0.493 e. The Morgan fingerprint density at radius 1 is 1.00 bits per heavy atom. The highest BCUT2D eigenvalue weighted by Gasteiger charge is 2.25. The van der Waals surface area contributed by atoms with Gasteiger partial charge in [-0.3, -0.25) is 14.7 Å². The first-order valence-corrected chi connectivity index (χ1v) is 13.0. The van der Waals surface area contributed by atoms with Crippen molar-refractivity contribution in [2.45, 2.75) is 23.9 Å². The fourth-order valence-corrected chi connectivity index (χ4v) is 5.19. The second-order valence-electron chi connectivity index (χ2n) is 7.91. The molecule has 0 fully saturated rings. The van der Waals surface area contributed by atoms with E-state index in [-0.39, 0.29) is 18.1 Å². The van der Waals surface area contributed by atoms with E-state index in [9.17, 15) is 10.1 Å². The lowest BCUT2D eigenvalue weighted by atomic mass is 10.1. The summed E-state index contributed by atoms with van der Waals surface area (Å²) in [6, 6.07) is 17.7. The van der Waals surface area contributed by atoms with Crippen molar-refractivity contribution in [3.8, 4) is 17.2 Å². The molecule has 0 aliphatic heterocycles. The number of methoxy groups -OCH3 is 1. The Morgan fingerprint density at radius 3 is 2.43 bits per heavy atom. The highest BCUT2D eigenvalue weighted by atomic mass is 35.5. The molecule has 8 nitrogen and oxygen atoms in total. The molecule has 0 aliphatic carbocycles. The Hall–Kier alpha value is -2.98. The molecule has 12 heteroatoms. The topological polar surface area (TPSA) is 92.3 Å². The van der Waals surface area contributed by atoms with Gasteiger partial charge in [-0.05, 0) is 66.6 Å². The van der Waals surface area contributed by atoms with Gasteiger partial charge in [0.25, 0.3) is 0 Å². The summed E-state index contributed by atoms with van der Waals surface area (Å²) in [5.74, 6) is 1.58. The van der Waals surface area contributed by atoms with Crippen LogP contribution in [0.15, 0.2) is 65.8 Å². The Kier molecular flexibility index (Phi) is 8.81. The molecule has 0 N–H and O–H groups in total. The number of nitro groups is 1. The third-order valence-electron chi connectivity index (χ3n) is 5.38. The number of rotatable bonds is 10. The van der Waals surface area contributed by atoms with Crippen molar-refractivity contribution < 1.29 is 14.4 Å². The molecular formula is C25H21Cl3N4O4S. The van der Waals surface area contributed by atoms with Gasteiger partial charge < -0.3 is 9.47 Å². The van der Waals surface area contributed by atoms with Crippen molar-refractivity contribution in [2.75, 3.05) is 13.7 Å². The Balaban J connectivity index is 1.59. The standard InChI is InChI=1S/C25H21Cl3N4O4S/c1-15-29-30-25(32(15)19-7-5-18(26)6-8-19)37-24(13-31(33)34)17-4-10-22(23(12-17)35-2)36-14-16-3-9-20(27)21(28)11-16/h3-12,24H,13-14H2,1-2H3/t24-/m1/s1. The summed E-state index contributed by atoms with van der Waals surface area (Å²) in [6.45, 7) is 1.73. The molecule has 0 unspecified atom stereocenters. The van der Waals surface area contributed by atoms with Gasteiger partial charge in [0.2, 0.25) is 6.54 Å². The van der Waals surface area contributed by atoms with E-state index in [1.165, 1.54) is 18.9 Å². The van der Waals surface area contributed by atoms with Crippen molar-refractivity contribution in [2.24, 2.45) is 0 Å². The van der Waals surface area contributed by atoms with Gasteiger partial charge in [-0.25, -0.2) is 0 Å². The van der Waals surface area contributed by atoms with Crippen LogP contribution >= 0.6 is 46.6 Å². The summed E-state index contributed by atoms with van der Waals surface area (Å²) in [7, 11) is 1.52. The first-order chi connectivity index (χ1) is 17.7. The number of halogens is 3. The molecule has 4 rings (SSSR count). The Bertz CT molecular complexity index is 1420. The van der Waals surface area contributed by atoms with Gasteiger partial charge in [-0.2, -0.15) is 0 Å². The van der Waals surface area contributed by atoms with Crippen LogP contribution in [0.5, 0.6) is 11.5 Å². The summed E-state index contributed by atoms with van der Waals surface area (Å²) in [5, 5.41) is 21.5. The van der Waals surface area contributed by atoms with Gasteiger partial charge >= 0.3 is 0 Å². The van der Waals surface area contributed by atoms with E-state index in [4.69, 9.17) is 44.3 Å². The molecule has 0 bridgehead atoms. The minimum absolute atomic E-state index is 0.239. The van der Waals surface area contributed by atoms with Crippen LogP contribution < -0.4 is 9.47 Å². The van der Waals surface area contributed by atoms with Gasteiger partial charge in [-0.1, -0.05) is 58.7 Å². The van der Waals surface area contributed by atoms with E-state index >= 15 is 0 Å². The van der Waals surface area contributed by atoms with Crippen molar-refractivity contribution >= 4 is 46.6 Å². The molecule has 192 valence electrons. The fourth-order valence-electron chi connectivity index (χ4n) is 3.57. The Morgan fingerprint density at radius 2 is 1.76 bits per heavy atom. The third kappa shape index (κ3) is 6.67. The highest BCUT2D eigenvalue weighted by Crippen LogP contribution is 2.39. The van der Waals surface area contributed by atoms with Crippen molar-refractivity contribution in [1.82, 2.24) is 14.8 Å². The molecule has 0 amide bonds. The Labute approximate surface area is 232 Å². The van der Waals surface area contributed by atoms with Crippen LogP contribution in [0.1, 0.15) is 22.2 Å². The predicted molar refractivity (Wildman–Crippen MR) is 145 cm³/mol. The van der Waals surface area contributed by atoms with Crippen LogP contribution in [0, 0.1) is 17.0 Å². The second kappa shape index (κ2) is 12.0. The van der Waals surface area contributed by atoms with E-state index < -0.39 is 5.25 Å². The summed E-state index contributed by atoms with van der Waals surface area (Å²) in [5.41, 5.74) is 2.32. The van der Waals surface area contributed by atoms with Gasteiger partial charge in [0.05, 0.1) is 17.2 Å². The number of hydrogen-bond donors (Lipinski definition) is 0. The molecule has 0 saturated carbocycles. The maximum atomic E-state index is 11.6. The van der Waals surface area contributed by atoms with Crippen LogP contribution in [0.25, 0.3) is 5.69 Å². The average Bonchev–Trinajstić information content (AvgIpc) is 3.24. The maximum absolute atomic E-state index is 11.6. The van der Waals surface area contributed by atoms with Gasteiger partial charge in [0, 0.05) is 15.6 Å². The number of hydrogen-bond acceptors (Lipinski definition) is 7. The number of thioether (sulfide) groups is 1. The van der Waals surface area contributed by atoms with Crippen LogP contribution in [-0.2, 0) is 6.61 Å². The smallest absolute Gasteiger partial charge is 0.220 e. The quantitative estimate of drug-likeness (QED) is 0.111. The summed E-state index contributed by atoms with van der Waals surface area (Å²) in [6.07, 6.45) is 0. The lowest BCUT2D eigenvalue weighted by molar-refractivity contribution is -0.479. The zero-order chi connectivity index (χ0) is 26.5. The van der Waals surface area contributed by atoms with E-state index in [0.717, 1.165) is 11.3 Å². The zero-order valence-corrected chi connectivity index (χ0v) is 22.8. The average molecular weight is 580 g/mol. The number of benzene rings is 3. The van der Waals surface area contributed by atoms with Crippen LogP contribution in [0.4, 0.5) is 0 Å². The zero-order valence-electron chi connectivity index (χ0n) is 19.7. The normalized spacial score (nSPS) is 11.8. The molecular weight excluding hydrogens is 559 g/mol. The number of aromatic nitrogens is 3. The van der Waals surface area contributed by atoms with Crippen molar-refractivity contribution in [1.29, 1.82) is 0 Å². The summed E-state index contributed by atoms with van der Waals surface area (Å²) < 4.78 is 13.3. The minimum atomic E-state index is -0.567. The first kappa shape index (κ1) is 27.1. The van der Waals surface area contributed by atoms with Crippen molar-refractivity contribution in [3.05, 3.63) is 103 Å². The van der Waals surface area contributed by atoms with Crippen LogP contribution in [0.3, 0.4) is 0 Å². The molecule has 3 aromatic carbocycles. The molecule has 4 aromatic rings. The molecule has 1 heterocycles. The lowest BCUT2D eigenvalue weighted by Crippen LogP contribution is -2.11. The second-order valence-corrected chi connectivity index (χ2v) is 10.3. The van der Waals surface area contributed by atoms with Crippen LogP contribution in [0.2, 0.25) is 15.1 Å². The molecule has 0 radical (unpaired) electrons. The van der Waals surface area contributed by atoms with E-state index in [0.29, 0.717) is 43.1 Å². The molecule has 37 heavy (non-hydrogen) atoms. The molecule has 1 aromatic heterocycles. The molecule has 0 saturated heterocycles. The van der Waals surface area contributed by atoms with Gasteiger partial charge in [0.15, 0.2) is 16.7 Å². The largest absolute Gasteiger partial charge is 0.493 e. The molecule has 0 aliphatic rings. The highest BCUT2D eigenvalue weighted by molar-refractivity contribution is 7.99. The third-order valence-corrected chi connectivity index (χ3v) is 7.55. The van der Waals surface area contributed by atoms with Gasteiger partial charge in [-0.15, -0.1) is 10.2 Å². The maximum Gasteiger partial charge on any atom is 0.220 e. The number of nitrogens with zero attached hydrogens (tertiary/aromatic N) is 4. The molecule has 1 atom stereocenters. The predicted octanol–water partition coefficient (Wildman–Crippen LogP) is 7.23. The first-order valence-electron chi connectivity index (χ1n) is 11.0. The summed E-state index contributed by atoms with van der Waals surface area (Å²) in [4.78, 5) is 11.2. The number of ether oxygens (including phenoxy) is 2. The van der Waals surface area contributed by atoms with Crippen molar-refractivity contribution in [3.63, 3.8) is 0 Å². The van der Waals surface area contributed by atoms with E-state index in [2.05, 4.69) is 10.2 Å². The fraction of sp³-hybridized carbons (Fsp3) is 0.200. The monoisotopic (exact) mass is 578 g/mol. The van der Waals surface area contributed by atoms with E-state index in [1.54, 1.807) is 42.5 Å². The number of aryl methyl sites for hydroxylation is 1. The SMILES string of the molecule is COc1cc([C@@H](C[N+](=O)[O-])Sc2nnc(C)n2-c2ccc(Cl)cc2)ccc1OCc1ccc(Cl)c(Cl)c1. The van der Waals surface area contributed by atoms with Gasteiger partial charge in [0.1, 0.15) is 17.7 Å².